The number of guanidine groups is 1. The van der Waals surface area contributed by atoms with Gasteiger partial charge in [0.05, 0.1) is 18.9 Å². The summed E-state index contributed by atoms with van der Waals surface area (Å²) in [5.41, 5.74) is 16.0. The van der Waals surface area contributed by atoms with E-state index >= 15 is 0 Å². The van der Waals surface area contributed by atoms with Gasteiger partial charge in [0.1, 0.15) is 18.1 Å². The molecule has 0 aliphatic heterocycles. The molecule has 0 rings (SSSR count). The number of aliphatic carboxylic acids is 3. The Morgan fingerprint density at radius 2 is 1.34 bits per heavy atom. The van der Waals surface area contributed by atoms with Crippen LogP contribution in [0, 0.1) is 5.92 Å². The first-order valence-corrected chi connectivity index (χ1v) is 10.5. The second kappa shape index (κ2) is 15.0. The average Bonchev–Trinajstić information content (AvgIpc) is 2.71. The monoisotopic (exact) mass is 503 g/mol. The van der Waals surface area contributed by atoms with Crippen LogP contribution in [0.1, 0.15) is 39.5 Å². The number of hydrogen-bond donors (Lipinski definition) is 9. The van der Waals surface area contributed by atoms with Gasteiger partial charge in [-0.3, -0.25) is 29.0 Å². The van der Waals surface area contributed by atoms with E-state index in [9.17, 15) is 33.9 Å². The molecule has 0 aromatic heterocycles. The molecule has 0 aromatic rings. The summed E-state index contributed by atoms with van der Waals surface area (Å²) in [4.78, 5) is 74.5. The Balaban J connectivity index is 5.60. The standard InChI is InChI=1S/C19H33N7O9/c1-8(2)14(26-15(31)9(20)6-12(27)28)17(33)24-10(4-3-5-23-19(21)22)16(32)25-11(18(34)35)7-13(29)30/h8-11,14H,3-7,20H2,1-2H3,(H,24,33)(H,25,32)(H,26,31)(H,27,28)(H,29,30)(H,34,35)(H4,21,22,23). The maximum absolute atomic E-state index is 12.9. The first kappa shape index (κ1) is 31.0. The van der Waals surface area contributed by atoms with Crippen molar-refractivity contribution in [3.63, 3.8) is 0 Å². The fourth-order valence-electron chi connectivity index (χ4n) is 2.76. The lowest BCUT2D eigenvalue weighted by Gasteiger charge is -2.26. The van der Waals surface area contributed by atoms with Crippen LogP contribution in [0.15, 0.2) is 4.99 Å². The number of carboxylic acid groups (broad SMARTS) is 3. The smallest absolute Gasteiger partial charge is 0.326 e. The zero-order chi connectivity index (χ0) is 27.3. The highest BCUT2D eigenvalue weighted by atomic mass is 16.4. The van der Waals surface area contributed by atoms with Crippen LogP contribution in [0.2, 0.25) is 0 Å². The molecule has 0 heterocycles. The van der Waals surface area contributed by atoms with Crippen molar-refractivity contribution < 1.29 is 44.1 Å². The summed E-state index contributed by atoms with van der Waals surface area (Å²) in [6.07, 6.45) is -1.46. The fourth-order valence-corrected chi connectivity index (χ4v) is 2.76. The number of nitrogens with one attached hydrogen (secondary N) is 3. The molecule has 0 aliphatic rings. The Morgan fingerprint density at radius 3 is 1.80 bits per heavy atom. The third-order valence-corrected chi connectivity index (χ3v) is 4.55. The van der Waals surface area contributed by atoms with E-state index < -0.39 is 78.6 Å². The molecular formula is C19H33N7O9. The largest absolute Gasteiger partial charge is 0.481 e. The van der Waals surface area contributed by atoms with E-state index in [4.69, 9.17) is 27.4 Å². The molecule has 4 atom stereocenters. The van der Waals surface area contributed by atoms with Crippen LogP contribution >= 0.6 is 0 Å². The second-order valence-corrected chi connectivity index (χ2v) is 7.94. The van der Waals surface area contributed by atoms with Crippen molar-refractivity contribution in [3.8, 4) is 0 Å². The molecule has 3 amide bonds. The molecule has 0 aromatic carbocycles. The van der Waals surface area contributed by atoms with Crippen LogP contribution in [0.3, 0.4) is 0 Å². The molecule has 16 nitrogen and oxygen atoms in total. The van der Waals surface area contributed by atoms with E-state index in [2.05, 4.69) is 20.9 Å². The highest BCUT2D eigenvalue weighted by Crippen LogP contribution is 2.07. The van der Waals surface area contributed by atoms with E-state index in [1.54, 1.807) is 13.8 Å². The van der Waals surface area contributed by atoms with Crippen molar-refractivity contribution in [3.05, 3.63) is 0 Å². The minimum absolute atomic E-state index is 0.0644. The van der Waals surface area contributed by atoms with E-state index in [-0.39, 0.29) is 25.3 Å². The zero-order valence-corrected chi connectivity index (χ0v) is 19.4. The number of aliphatic imine (C=N–C) groups is 1. The first-order valence-electron chi connectivity index (χ1n) is 10.5. The lowest BCUT2D eigenvalue weighted by atomic mass is 10.0. The first-order chi connectivity index (χ1) is 16.1. The van der Waals surface area contributed by atoms with Gasteiger partial charge in [-0.1, -0.05) is 13.8 Å². The Bertz CT molecular complexity index is 827. The van der Waals surface area contributed by atoms with Gasteiger partial charge in [0.25, 0.3) is 0 Å². The van der Waals surface area contributed by atoms with Gasteiger partial charge < -0.3 is 48.5 Å². The van der Waals surface area contributed by atoms with Crippen LogP contribution in [-0.4, -0.2) is 87.6 Å². The van der Waals surface area contributed by atoms with Crippen molar-refractivity contribution in [1.29, 1.82) is 0 Å². The number of rotatable bonds is 16. The summed E-state index contributed by atoms with van der Waals surface area (Å²) >= 11 is 0. The summed E-state index contributed by atoms with van der Waals surface area (Å²) in [7, 11) is 0. The number of hydrogen-bond acceptors (Lipinski definition) is 8. The van der Waals surface area contributed by atoms with Crippen LogP contribution in [0.25, 0.3) is 0 Å². The zero-order valence-electron chi connectivity index (χ0n) is 19.4. The van der Waals surface area contributed by atoms with Gasteiger partial charge in [-0.15, -0.1) is 0 Å². The molecule has 16 heteroatoms. The Labute approximate surface area is 200 Å². The minimum Gasteiger partial charge on any atom is -0.481 e. The number of carbonyl (C=O) groups excluding carboxylic acids is 3. The summed E-state index contributed by atoms with van der Waals surface area (Å²) in [6.45, 7) is 3.23. The molecule has 0 aliphatic carbocycles. The van der Waals surface area contributed by atoms with Gasteiger partial charge in [-0.05, 0) is 18.8 Å². The van der Waals surface area contributed by atoms with Gasteiger partial charge in [-0.2, -0.15) is 0 Å². The fraction of sp³-hybridized carbons (Fsp3) is 0.632. The van der Waals surface area contributed by atoms with E-state index in [0.717, 1.165) is 0 Å². The summed E-state index contributed by atoms with van der Waals surface area (Å²) in [6, 6.07) is -5.73. The Kier molecular flexibility index (Phi) is 13.4. The van der Waals surface area contributed by atoms with E-state index in [1.807, 2.05) is 0 Å². The molecule has 35 heavy (non-hydrogen) atoms. The lowest BCUT2D eigenvalue weighted by molar-refractivity contribution is -0.147. The Morgan fingerprint density at radius 1 is 0.800 bits per heavy atom. The van der Waals surface area contributed by atoms with Gasteiger partial charge in [-0.25, -0.2) is 4.79 Å². The molecule has 4 unspecified atom stereocenters. The number of nitrogens with two attached hydrogens (primary N) is 3. The van der Waals surface area contributed by atoms with Gasteiger partial charge in [0, 0.05) is 6.54 Å². The van der Waals surface area contributed by atoms with Gasteiger partial charge in [0.2, 0.25) is 17.7 Å². The van der Waals surface area contributed by atoms with Crippen molar-refractivity contribution in [2.24, 2.45) is 28.1 Å². The lowest BCUT2D eigenvalue weighted by Crippen LogP contribution is -2.58. The predicted octanol–water partition coefficient (Wildman–Crippen LogP) is -3.49. The molecule has 0 fully saturated rings. The maximum Gasteiger partial charge on any atom is 0.326 e. The van der Waals surface area contributed by atoms with Crippen molar-refractivity contribution in [2.75, 3.05) is 6.54 Å². The Hall–Kier alpha value is -3.95. The van der Waals surface area contributed by atoms with Crippen LogP contribution in [-0.2, 0) is 28.8 Å². The summed E-state index contributed by atoms with van der Waals surface area (Å²) in [5.74, 6) is -7.80. The predicted molar refractivity (Wildman–Crippen MR) is 121 cm³/mol. The molecule has 12 N–H and O–H groups in total. The van der Waals surface area contributed by atoms with Crippen molar-refractivity contribution in [2.45, 2.75) is 63.7 Å². The van der Waals surface area contributed by atoms with Gasteiger partial charge >= 0.3 is 17.9 Å². The van der Waals surface area contributed by atoms with E-state index in [0.29, 0.717) is 0 Å². The SMILES string of the molecule is CC(C)C(NC(=O)C(N)CC(=O)O)C(=O)NC(CCCN=C(N)N)C(=O)NC(CC(=O)O)C(=O)O. The highest BCUT2D eigenvalue weighted by molar-refractivity contribution is 5.95. The number of nitrogens with zero attached hydrogens (tertiary/aromatic N) is 1. The number of carbonyl (C=O) groups is 6. The second-order valence-electron chi connectivity index (χ2n) is 7.94. The minimum atomic E-state index is -1.76. The molecule has 198 valence electrons. The number of carboxylic acids is 3. The highest BCUT2D eigenvalue weighted by Gasteiger charge is 2.32. The summed E-state index contributed by atoms with van der Waals surface area (Å²) < 4.78 is 0. The topological polar surface area (TPSA) is 290 Å². The third kappa shape index (κ3) is 12.8. The van der Waals surface area contributed by atoms with E-state index in [1.165, 1.54) is 0 Å². The molecular weight excluding hydrogens is 470 g/mol. The van der Waals surface area contributed by atoms with Gasteiger partial charge in [0.15, 0.2) is 5.96 Å². The van der Waals surface area contributed by atoms with Crippen molar-refractivity contribution in [1.82, 2.24) is 16.0 Å². The molecule has 0 saturated heterocycles. The van der Waals surface area contributed by atoms with Crippen LogP contribution in [0.4, 0.5) is 0 Å². The summed E-state index contributed by atoms with van der Waals surface area (Å²) in [5, 5.41) is 33.6. The third-order valence-electron chi connectivity index (χ3n) is 4.55. The average molecular weight is 504 g/mol. The molecule has 0 radical (unpaired) electrons. The molecule has 0 bridgehead atoms. The van der Waals surface area contributed by atoms with Crippen LogP contribution in [0.5, 0.6) is 0 Å². The normalized spacial score (nSPS) is 14.1. The number of amides is 3. The quantitative estimate of drug-likeness (QED) is 0.0563. The molecule has 0 saturated carbocycles. The maximum atomic E-state index is 12.9. The van der Waals surface area contributed by atoms with Crippen molar-refractivity contribution >= 4 is 41.6 Å². The molecule has 0 spiro atoms. The van der Waals surface area contributed by atoms with Crippen LogP contribution < -0.4 is 33.2 Å².